The van der Waals surface area contributed by atoms with E-state index < -0.39 is 35.8 Å². The Morgan fingerprint density at radius 3 is 1.78 bits per heavy atom. The molecule has 2 aromatic rings. The summed E-state index contributed by atoms with van der Waals surface area (Å²) in [6, 6.07) is 13.4. The highest BCUT2D eigenvalue weighted by Gasteiger charge is 2.31. The van der Waals surface area contributed by atoms with E-state index in [2.05, 4.69) is 31.3 Å². The van der Waals surface area contributed by atoms with Crippen molar-refractivity contribution in [3.63, 3.8) is 0 Å². The highest BCUT2D eigenvalue weighted by atomic mass is 16.2. The number of guanidine groups is 2. The van der Waals surface area contributed by atoms with Crippen LogP contribution in [0.4, 0.5) is 0 Å². The Balaban J connectivity index is 2.17. The summed E-state index contributed by atoms with van der Waals surface area (Å²) in [5, 5.41) is 19.0. The van der Waals surface area contributed by atoms with Crippen LogP contribution in [0.3, 0.4) is 0 Å². The number of nitrogens with zero attached hydrogens (tertiary/aromatic N) is 2. The number of nitrogens with one attached hydrogen (secondary N) is 5. The van der Waals surface area contributed by atoms with Crippen LogP contribution in [-0.2, 0) is 32.1 Å². The quantitative estimate of drug-likeness (QED) is 0.0527. The number of amides is 4. The largest absolute Gasteiger partial charge is 0.370 e. The summed E-state index contributed by atoms with van der Waals surface area (Å²) in [6.07, 6.45) is 1.29. The first-order valence-corrected chi connectivity index (χ1v) is 16.2. The highest BCUT2D eigenvalue weighted by molar-refractivity contribution is 5.96. The zero-order valence-corrected chi connectivity index (χ0v) is 28.5. The van der Waals surface area contributed by atoms with Gasteiger partial charge in [-0.1, -0.05) is 68.4 Å². The Bertz CT molecular complexity index is 1450. The second-order valence-corrected chi connectivity index (χ2v) is 12.0. The third-order valence-corrected chi connectivity index (χ3v) is 7.48. The van der Waals surface area contributed by atoms with Gasteiger partial charge in [0, 0.05) is 25.3 Å². The van der Waals surface area contributed by atoms with Gasteiger partial charge in [0.15, 0.2) is 11.9 Å². The Morgan fingerprint density at radius 1 is 0.714 bits per heavy atom. The van der Waals surface area contributed by atoms with E-state index in [1.54, 1.807) is 32.9 Å². The molecule has 15 heteroatoms. The maximum Gasteiger partial charge on any atom is 0.243 e. The molecule has 0 aliphatic rings. The first-order chi connectivity index (χ1) is 23.3. The predicted molar refractivity (Wildman–Crippen MR) is 191 cm³/mol. The summed E-state index contributed by atoms with van der Waals surface area (Å²) < 4.78 is 0. The molecule has 0 fully saturated rings. The van der Waals surface area contributed by atoms with Gasteiger partial charge in [0.1, 0.15) is 18.1 Å². The van der Waals surface area contributed by atoms with E-state index in [0.717, 1.165) is 16.7 Å². The lowest BCUT2D eigenvalue weighted by molar-refractivity contribution is -0.134. The van der Waals surface area contributed by atoms with E-state index in [4.69, 9.17) is 28.3 Å². The molecule has 0 heterocycles. The SMILES string of the molecule is CC(=N)c1ccc(CNC(=O)[C@H](CCCN=C(N)N)NC(=O)C(NC(=O)[C@H](CCCN=C(N)N)NC(=O)Cc2ccccc2)C(C)C)cc1. The molecule has 0 radical (unpaired) electrons. The minimum Gasteiger partial charge on any atom is -0.370 e. The topological polar surface area (TPSA) is 269 Å². The molecule has 0 aliphatic carbocycles. The number of benzene rings is 2. The van der Waals surface area contributed by atoms with Crippen LogP contribution in [0.15, 0.2) is 64.6 Å². The second kappa shape index (κ2) is 20.7. The van der Waals surface area contributed by atoms with Gasteiger partial charge >= 0.3 is 0 Å². The van der Waals surface area contributed by atoms with E-state index in [-0.39, 0.29) is 62.6 Å². The summed E-state index contributed by atoms with van der Waals surface area (Å²) in [5.41, 5.74) is 24.5. The van der Waals surface area contributed by atoms with Crippen molar-refractivity contribution in [2.45, 2.75) is 77.5 Å². The van der Waals surface area contributed by atoms with E-state index in [1.165, 1.54) is 0 Å². The molecule has 1 unspecified atom stereocenters. The van der Waals surface area contributed by atoms with Crippen LogP contribution in [0, 0.1) is 11.3 Å². The predicted octanol–water partition coefficient (Wildman–Crippen LogP) is 0.151. The van der Waals surface area contributed by atoms with Crippen molar-refractivity contribution < 1.29 is 19.2 Å². The fraction of sp³-hybridized carbons (Fsp3) is 0.441. The minimum absolute atomic E-state index is 0.0652. The molecule has 4 amide bonds. The van der Waals surface area contributed by atoms with Crippen molar-refractivity contribution in [2.75, 3.05) is 13.1 Å². The average Bonchev–Trinajstić information content (AvgIpc) is 3.05. The van der Waals surface area contributed by atoms with E-state index in [9.17, 15) is 19.2 Å². The van der Waals surface area contributed by atoms with Gasteiger partial charge in [-0.3, -0.25) is 29.2 Å². The van der Waals surface area contributed by atoms with E-state index in [1.807, 2.05) is 42.5 Å². The summed E-state index contributed by atoms with van der Waals surface area (Å²) in [4.78, 5) is 61.4. The molecular weight excluding hydrogens is 626 g/mol. The molecule has 0 bridgehead atoms. The minimum atomic E-state index is -1.02. The molecule has 266 valence electrons. The monoisotopic (exact) mass is 677 g/mol. The molecule has 3 atom stereocenters. The Hall–Kier alpha value is -5.47. The fourth-order valence-corrected chi connectivity index (χ4v) is 4.81. The van der Waals surface area contributed by atoms with Crippen molar-refractivity contribution in [1.29, 1.82) is 5.41 Å². The zero-order valence-electron chi connectivity index (χ0n) is 28.5. The molecule has 0 saturated heterocycles. The smallest absolute Gasteiger partial charge is 0.243 e. The average molecular weight is 678 g/mol. The van der Waals surface area contributed by atoms with E-state index in [0.29, 0.717) is 18.6 Å². The van der Waals surface area contributed by atoms with Gasteiger partial charge in [-0.15, -0.1) is 0 Å². The molecule has 0 spiro atoms. The number of carbonyl (C=O) groups is 4. The van der Waals surface area contributed by atoms with Crippen LogP contribution in [-0.4, -0.2) is 72.5 Å². The first-order valence-electron chi connectivity index (χ1n) is 16.2. The number of nitrogens with two attached hydrogens (primary N) is 4. The van der Waals surface area contributed by atoms with Gasteiger partial charge in [-0.05, 0) is 55.2 Å². The van der Waals surface area contributed by atoms with Crippen molar-refractivity contribution in [2.24, 2.45) is 38.8 Å². The van der Waals surface area contributed by atoms with Gasteiger partial charge in [0.05, 0.1) is 6.42 Å². The molecule has 0 aliphatic heterocycles. The van der Waals surface area contributed by atoms with Crippen LogP contribution in [0.25, 0.3) is 0 Å². The summed E-state index contributed by atoms with van der Waals surface area (Å²) in [6.45, 7) is 5.92. The molecule has 49 heavy (non-hydrogen) atoms. The molecular formula is C34H51N11O4. The molecule has 0 saturated carbocycles. The van der Waals surface area contributed by atoms with Crippen molar-refractivity contribution in [3.8, 4) is 0 Å². The number of hydrogen-bond donors (Lipinski definition) is 9. The highest BCUT2D eigenvalue weighted by Crippen LogP contribution is 2.10. The van der Waals surface area contributed by atoms with Gasteiger partial charge in [-0.2, -0.15) is 0 Å². The number of hydrogen-bond acceptors (Lipinski definition) is 7. The first kappa shape index (κ1) is 39.7. The molecule has 13 N–H and O–H groups in total. The van der Waals surface area contributed by atoms with Crippen LogP contribution in [0.2, 0.25) is 0 Å². The van der Waals surface area contributed by atoms with Crippen LogP contribution in [0.5, 0.6) is 0 Å². The van der Waals surface area contributed by atoms with Crippen molar-refractivity contribution in [1.82, 2.24) is 21.3 Å². The molecule has 2 aromatic carbocycles. The lowest BCUT2D eigenvalue weighted by atomic mass is 10.0. The van der Waals surface area contributed by atoms with E-state index >= 15 is 0 Å². The molecule has 2 rings (SSSR count). The standard InChI is InChI=1S/C34H51N11O4/c1-21(2)29(45-31(48)27(12-8-18-41-34(38)39)43-28(46)19-23-9-5-4-6-10-23)32(49)44-26(11-7-17-40-33(36)37)30(47)42-20-24-13-15-25(16-14-24)22(3)35/h4-6,9-10,13-16,21,26-27,29,35H,7-8,11-12,17-20H2,1-3H3,(H,42,47)(H,43,46)(H,44,49)(H,45,48)(H4,36,37,40)(H4,38,39,41)/t26-,27-,29?/m0/s1. The number of rotatable bonds is 20. The van der Waals surface area contributed by atoms with Crippen molar-refractivity contribution >= 4 is 41.3 Å². The normalized spacial score (nSPS) is 12.5. The number of carbonyl (C=O) groups excluding carboxylic acids is 4. The Kier molecular flexibility index (Phi) is 16.8. The lowest BCUT2D eigenvalue weighted by Gasteiger charge is -2.27. The van der Waals surface area contributed by atoms with Crippen LogP contribution in [0.1, 0.15) is 63.1 Å². The third-order valence-electron chi connectivity index (χ3n) is 7.48. The molecule has 15 nitrogen and oxygen atoms in total. The van der Waals surface area contributed by atoms with Gasteiger partial charge < -0.3 is 49.6 Å². The summed E-state index contributed by atoms with van der Waals surface area (Å²) >= 11 is 0. The maximum absolute atomic E-state index is 13.6. The van der Waals surface area contributed by atoms with Crippen molar-refractivity contribution in [3.05, 3.63) is 71.3 Å². The van der Waals surface area contributed by atoms with Gasteiger partial charge in [-0.25, -0.2) is 0 Å². The Labute approximate surface area is 287 Å². The zero-order chi connectivity index (χ0) is 36.3. The summed E-state index contributed by atoms with van der Waals surface area (Å²) in [7, 11) is 0. The molecule has 0 aromatic heterocycles. The maximum atomic E-state index is 13.6. The van der Waals surface area contributed by atoms with Crippen LogP contribution < -0.4 is 44.2 Å². The summed E-state index contributed by atoms with van der Waals surface area (Å²) in [5.74, 6) is -2.45. The van der Waals surface area contributed by atoms with Gasteiger partial charge in [0.2, 0.25) is 23.6 Å². The Morgan fingerprint density at radius 2 is 1.27 bits per heavy atom. The fourth-order valence-electron chi connectivity index (χ4n) is 4.81. The van der Waals surface area contributed by atoms with Gasteiger partial charge in [0.25, 0.3) is 0 Å². The number of aliphatic imine (C=N–C) groups is 2. The lowest BCUT2D eigenvalue weighted by Crippen LogP contribution is -2.58. The van der Waals surface area contributed by atoms with Crippen LogP contribution >= 0.6 is 0 Å². The second-order valence-electron chi connectivity index (χ2n) is 12.0. The third kappa shape index (κ3) is 15.3.